The normalized spacial score (nSPS) is 16.9. The second kappa shape index (κ2) is 10.8. The third kappa shape index (κ3) is 5.86. The van der Waals surface area contributed by atoms with Crippen LogP contribution in [0, 0.1) is 0 Å². The number of thioether (sulfide) groups is 1. The van der Waals surface area contributed by atoms with Gasteiger partial charge in [-0.25, -0.2) is 9.78 Å². The molecule has 1 amide bonds. The largest absolute Gasteiger partial charge is 0.465 e. The number of amides is 1. The molecule has 0 radical (unpaired) electrons. The van der Waals surface area contributed by atoms with E-state index < -0.39 is 5.97 Å². The molecular weight excluding hydrogens is 418 g/mol. The Morgan fingerprint density at radius 1 is 1.42 bits per heavy atom. The zero-order valence-electron chi connectivity index (χ0n) is 18.2. The molecule has 1 saturated heterocycles. The molecule has 0 bridgehead atoms. The third-order valence-electron chi connectivity index (χ3n) is 5.21. The summed E-state index contributed by atoms with van der Waals surface area (Å²) in [6.45, 7) is 5.12. The van der Waals surface area contributed by atoms with Crippen molar-refractivity contribution in [2.24, 2.45) is 0 Å². The molecule has 1 aliphatic rings. The van der Waals surface area contributed by atoms with E-state index in [2.05, 4.69) is 17.2 Å². The standard InChI is InChI=1S/C22H29N3O5S/c1-4-6-14(2)23-19(26)13-31-22-24-18-11-15(21(28)29-3)8-9-17(18)20(27)25(22)12-16-7-5-10-30-16/h8-9,11,14,16H,4-7,10,12-13H2,1-3H3,(H,23,26). The van der Waals surface area contributed by atoms with Crippen molar-refractivity contribution in [1.82, 2.24) is 14.9 Å². The van der Waals surface area contributed by atoms with Gasteiger partial charge < -0.3 is 14.8 Å². The van der Waals surface area contributed by atoms with Crippen LogP contribution >= 0.6 is 11.8 Å². The predicted octanol–water partition coefficient (Wildman–Crippen LogP) is 2.76. The van der Waals surface area contributed by atoms with Gasteiger partial charge in [0.15, 0.2) is 5.16 Å². The minimum Gasteiger partial charge on any atom is -0.465 e. The molecule has 9 heteroatoms. The fourth-order valence-electron chi connectivity index (χ4n) is 3.66. The van der Waals surface area contributed by atoms with Gasteiger partial charge in [0.2, 0.25) is 5.91 Å². The quantitative estimate of drug-likeness (QED) is 0.358. The number of esters is 1. The summed E-state index contributed by atoms with van der Waals surface area (Å²) in [4.78, 5) is 42.1. The SMILES string of the molecule is CCCC(C)NC(=O)CSc1nc2cc(C(=O)OC)ccc2c(=O)n1CC1CCCO1. The first kappa shape index (κ1) is 23.3. The lowest BCUT2D eigenvalue weighted by Crippen LogP contribution is -2.34. The highest BCUT2D eigenvalue weighted by molar-refractivity contribution is 7.99. The van der Waals surface area contributed by atoms with Crippen molar-refractivity contribution in [1.29, 1.82) is 0 Å². The highest BCUT2D eigenvalue weighted by Crippen LogP contribution is 2.22. The maximum absolute atomic E-state index is 13.2. The summed E-state index contributed by atoms with van der Waals surface area (Å²) in [5, 5.41) is 3.82. The van der Waals surface area contributed by atoms with Crippen molar-refractivity contribution in [3.8, 4) is 0 Å². The predicted molar refractivity (Wildman–Crippen MR) is 120 cm³/mol. The van der Waals surface area contributed by atoms with Crippen LogP contribution < -0.4 is 10.9 Å². The number of carbonyl (C=O) groups excluding carboxylic acids is 2. The molecule has 2 unspecified atom stereocenters. The summed E-state index contributed by atoms with van der Waals surface area (Å²) in [6.07, 6.45) is 3.69. The Balaban J connectivity index is 1.91. The van der Waals surface area contributed by atoms with Crippen molar-refractivity contribution in [3.63, 3.8) is 0 Å². The Morgan fingerprint density at radius 3 is 2.90 bits per heavy atom. The second-order valence-electron chi connectivity index (χ2n) is 7.71. The van der Waals surface area contributed by atoms with Crippen LogP contribution in [0.3, 0.4) is 0 Å². The molecule has 3 rings (SSSR count). The van der Waals surface area contributed by atoms with Gasteiger partial charge in [0.1, 0.15) is 0 Å². The molecule has 1 aromatic heterocycles. The highest BCUT2D eigenvalue weighted by atomic mass is 32.2. The molecule has 8 nitrogen and oxygen atoms in total. The topological polar surface area (TPSA) is 99.5 Å². The van der Waals surface area contributed by atoms with Crippen molar-refractivity contribution < 1.29 is 19.1 Å². The van der Waals surface area contributed by atoms with E-state index >= 15 is 0 Å². The van der Waals surface area contributed by atoms with Gasteiger partial charge in [-0.3, -0.25) is 14.2 Å². The molecule has 1 fully saturated rings. The number of ether oxygens (including phenoxy) is 2. The van der Waals surface area contributed by atoms with Crippen LogP contribution in [0.15, 0.2) is 28.2 Å². The highest BCUT2D eigenvalue weighted by Gasteiger charge is 2.21. The van der Waals surface area contributed by atoms with Crippen molar-refractivity contribution in [2.75, 3.05) is 19.5 Å². The van der Waals surface area contributed by atoms with Crippen molar-refractivity contribution in [2.45, 2.75) is 63.4 Å². The lowest BCUT2D eigenvalue weighted by Gasteiger charge is -2.17. The summed E-state index contributed by atoms with van der Waals surface area (Å²) >= 11 is 1.22. The van der Waals surface area contributed by atoms with Gasteiger partial charge in [0, 0.05) is 12.6 Å². The van der Waals surface area contributed by atoms with Gasteiger partial charge in [-0.05, 0) is 44.4 Å². The first-order valence-electron chi connectivity index (χ1n) is 10.6. The van der Waals surface area contributed by atoms with Gasteiger partial charge in [0.05, 0.1) is 42.0 Å². The Labute approximate surface area is 185 Å². The number of fused-ring (bicyclic) bond motifs is 1. The molecule has 2 aromatic rings. The Morgan fingerprint density at radius 2 is 2.23 bits per heavy atom. The molecule has 0 spiro atoms. The number of carbonyl (C=O) groups is 2. The first-order chi connectivity index (χ1) is 14.9. The molecular formula is C22H29N3O5S. The van der Waals surface area contributed by atoms with E-state index in [0.29, 0.717) is 34.8 Å². The Hall–Kier alpha value is -2.39. The summed E-state index contributed by atoms with van der Waals surface area (Å²) < 4.78 is 12.1. The number of hydrogen-bond acceptors (Lipinski definition) is 7. The minimum absolute atomic E-state index is 0.0518. The summed E-state index contributed by atoms with van der Waals surface area (Å²) in [5.74, 6) is -0.452. The van der Waals surface area contributed by atoms with Gasteiger partial charge in [0.25, 0.3) is 5.56 Å². The average molecular weight is 448 g/mol. The van der Waals surface area contributed by atoms with E-state index in [1.807, 2.05) is 6.92 Å². The molecule has 1 aromatic carbocycles. The summed E-state index contributed by atoms with van der Waals surface area (Å²) in [5.41, 5.74) is 0.513. The number of hydrogen-bond donors (Lipinski definition) is 1. The van der Waals surface area contributed by atoms with E-state index in [4.69, 9.17) is 9.47 Å². The van der Waals surface area contributed by atoms with E-state index in [1.54, 1.807) is 22.8 Å². The van der Waals surface area contributed by atoms with Crippen LogP contribution in [0.25, 0.3) is 10.9 Å². The third-order valence-corrected chi connectivity index (χ3v) is 6.19. The second-order valence-corrected chi connectivity index (χ2v) is 8.66. The fourth-order valence-corrected chi connectivity index (χ4v) is 4.48. The maximum atomic E-state index is 13.2. The number of nitrogens with one attached hydrogen (secondary N) is 1. The molecule has 31 heavy (non-hydrogen) atoms. The molecule has 2 heterocycles. The van der Waals surface area contributed by atoms with Crippen molar-refractivity contribution in [3.05, 3.63) is 34.1 Å². The fraction of sp³-hybridized carbons (Fsp3) is 0.545. The Bertz CT molecular complexity index is 1000. The zero-order valence-corrected chi connectivity index (χ0v) is 19.0. The van der Waals surface area contributed by atoms with E-state index in [0.717, 1.165) is 25.7 Å². The summed E-state index contributed by atoms with van der Waals surface area (Å²) in [7, 11) is 1.30. The van der Waals surface area contributed by atoms with Crippen LogP contribution in [0.2, 0.25) is 0 Å². The lowest BCUT2D eigenvalue weighted by atomic mass is 10.1. The maximum Gasteiger partial charge on any atom is 0.337 e. The smallest absolute Gasteiger partial charge is 0.337 e. The van der Waals surface area contributed by atoms with Gasteiger partial charge in [-0.15, -0.1) is 0 Å². The van der Waals surface area contributed by atoms with E-state index in [1.165, 1.54) is 18.9 Å². The summed E-state index contributed by atoms with van der Waals surface area (Å²) in [6, 6.07) is 4.80. The number of methoxy groups -OCH3 is 1. The van der Waals surface area contributed by atoms with Gasteiger partial charge in [-0.2, -0.15) is 0 Å². The molecule has 1 N–H and O–H groups in total. The van der Waals surface area contributed by atoms with Gasteiger partial charge in [-0.1, -0.05) is 25.1 Å². The molecule has 1 aliphatic heterocycles. The lowest BCUT2D eigenvalue weighted by molar-refractivity contribution is -0.119. The van der Waals surface area contributed by atoms with E-state index in [-0.39, 0.29) is 29.4 Å². The molecule has 0 aliphatic carbocycles. The number of nitrogens with zero attached hydrogens (tertiary/aromatic N) is 2. The van der Waals surface area contributed by atoms with E-state index in [9.17, 15) is 14.4 Å². The number of rotatable bonds is 9. The zero-order chi connectivity index (χ0) is 22.4. The Kier molecular flexibility index (Phi) is 8.09. The van der Waals surface area contributed by atoms with Gasteiger partial charge >= 0.3 is 5.97 Å². The minimum atomic E-state index is -0.495. The average Bonchev–Trinajstić information content (AvgIpc) is 3.27. The van der Waals surface area contributed by atoms with Crippen LogP contribution in [0.5, 0.6) is 0 Å². The number of benzene rings is 1. The molecule has 2 atom stereocenters. The van der Waals surface area contributed by atoms with Crippen molar-refractivity contribution >= 4 is 34.5 Å². The number of aromatic nitrogens is 2. The van der Waals surface area contributed by atoms with Crippen LogP contribution in [-0.2, 0) is 20.8 Å². The van der Waals surface area contributed by atoms with Crippen LogP contribution in [-0.4, -0.2) is 53.0 Å². The molecule has 0 saturated carbocycles. The monoisotopic (exact) mass is 447 g/mol. The van der Waals surface area contributed by atoms with Crippen LogP contribution in [0.1, 0.15) is 49.9 Å². The first-order valence-corrected chi connectivity index (χ1v) is 11.6. The molecule has 168 valence electrons. The van der Waals surface area contributed by atoms with Crippen LogP contribution in [0.4, 0.5) is 0 Å².